The van der Waals surface area contributed by atoms with Crippen LogP contribution in [0.5, 0.6) is 17.2 Å². The fourth-order valence-electron chi connectivity index (χ4n) is 3.16. The number of benzene rings is 2. The van der Waals surface area contributed by atoms with Crippen LogP contribution in [-0.4, -0.2) is 38.7 Å². The number of rotatable bonds is 9. The molecule has 0 spiro atoms. The second-order valence-corrected chi connectivity index (χ2v) is 7.55. The van der Waals surface area contributed by atoms with Gasteiger partial charge in [0, 0.05) is 18.7 Å². The van der Waals surface area contributed by atoms with Gasteiger partial charge in [0.15, 0.2) is 6.61 Å². The summed E-state index contributed by atoms with van der Waals surface area (Å²) in [5.41, 5.74) is 1.34. The third-order valence-corrected chi connectivity index (χ3v) is 4.61. The van der Waals surface area contributed by atoms with Crippen LogP contribution in [0, 0.1) is 5.92 Å². The fourth-order valence-corrected chi connectivity index (χ4v) is 3.16. The molecular weight excluding hydrogens is 384 g/mol. The summed E-state index contributed by atoms with van der Waals surface area (Å²) in [4.78, 5) is 26.3. The second-order valence-electron chi connectivity index (χ2n) is 7.55. The van der Waals surface area contributed by atoms with Gasteiger partial charge in [0.05, 0.1) is 19.4 Å². The number of nitrogens with zero attached hydrogens (tertiary/aromatic N) is 1. The van der Waals surface area contributed by atoms with E-state index >= 15 is 0 Å². The molecule has 1 aliphatic rings. The van der Waals surface area contributed by atoms with Gasteiger partial charge in [-0.3, -0.25) is 9.59 Å². The summed E-state index contributed by atoms with van der Waals surface area (Å²) < 4.78 is 16.3. The zero-order valence-electron chi connectivity index (χ0n) is 17.6. The number of hydrogen-bond acceptors (Lipinski definition) is 5. The maximum absolute atomic E-state index is 12.3. The zero-order valence-corrected chi connectivity index (χ0v) is 17.6. The molecule has 0 radical (unpaired) electrons. The summed E-state index contributed by atoms with van der Waals surface area (Å²) in [6.07, 6.45) is 0.919. The molecule has 0 unspecified atom stereocenters. The Bertz CT molecular complexity index is 880. The van der Waals surface area contributed by atoms with Crippen LogP contribution < -0.4 is 24.4 Å². The van der Waals surface area contributed by atoms with Crippen molar-refractivity contribution in [1.29, 1.82) is 0 Å². The minimum Gasteiger partial charge on any atom is -0.497 e. The van der Waals surface area contributed by atoms with Crippen LogP contribution in [0.3, 0.4) is 0 Å². The summed E-state index contributed by atoms with van der Waals surface area (Å²) in [6, 6.07) is 12.7. The average molecular weight is 412 g/mol. The number of amides is 2. The molecule has 0 bridgehead atoms. The Morgan fingerprint density at radius 3 is 2.60 bits per heavy atom. The molecule has 0 aromatic heterocycles. The molecule has 160 valence electrons. The highest BCUT2D eigenvalue weighted by Gasteiger charge is 2.26. The third-order valence-electron chi connectivity index (χ3n) is 4.61. The van der Waals surface area contributed by atoms with Gasteiger partial charge in [0.25, 0.3) is 5.91 Å². The van der Waals surface area contributed by atoms with E-state index in [-0.39, 0.29) is 18.4 Å². The van der Waals surface area contributed by atoms with Gasteiger partial charge < -0.3 is 24.4 Å². The van der Waals surface area contributed by atoms with Crippen molar-refractivity contribution in [3.8, 4) is 17.2 Å². The Morgan fingerprint density at radius 1 is 1.17 bits per heavy atom. The first-order chi connectivity index (χ1) is 14.5. The monoisotopic (exact) mass is 412 g/mol. The maximum atomic E-state index is 12.3. The number of nitrogens with one attached hydrogen (secondary N) is 1. The zero-order chi connectivity index (χ0) is 21.5. The van der Waals surface area contributed by atoms with E-state index in [1.165, 1.54) is 0 Å². The van der Waals surface area contributed by atoms with E-state index in [4.69, 9.17) is 14.2 Å². The van der Waals surface area contributed by atoms with Crippen molar-refractivity contribution in [3.05, 3.63) is 42.5 Å². The van der Waals surface area contributed by atoms with E-state index in [0.29, 0.717) is 49.0 Å². The Hall–Kier alpha value is -3.22. The molecule has 1 heterocycles. The highest BCUT2D eigenvalue weighted by molar-refractivity contribution is 5.99. The molecule has 1 N–H and O–H groups in total. The molecule has 0 saturated heterocycles. The van der Waals surface area contributed by atoms with E-state index in [9.17, 15) is 9.59 Å². The van der Waals surface area contributed by atoms with Gasteiger partial charge in [-0.25, -0.2) is 0 Å². The van der Waals surface area contributed by atoms with Gasteiger partial charge in [0.1, 0.15) is 17.2 Å². The quantitative estimate of drug-likeness (QED) is 0.633. The minimum absolute atomic E-state index is 0.0413. The van der Waals surface area contributed by atoms with Gasteiger partial charge in [-0.1, -0.05) is 13.8 Å². The van der Waals surface area contributed by atoms with Gasteiger partial charge in [-0.05, 0) is 54.8 Å². The number of methoxy groups -OCH3 is 1. The van der Waals surface area contributed by atoms with Crippen LogP contribution in [-0.2, 0) is 9.59 Å². The van der Waals surface area contributed by atoms with Crippen LogP contribution in [0.4, 0.5) is 11.4 Å². The highest BCUT2D eigenvalue weighted by Crippen LogP contribution is 2.35. The topological polar surface area (TPSA) is 77.1 Å². The van der Waals surface area contributed by atoms with Crippen molar-refractivity contribution < 1.29 is 23.8 Å². The molecule has 0 fully saturated rings. The Kier molecular flexibility index (Phi) is 7.17. The molecule has 7 heteroatoms. The highest BCUT2D eigenvalue weighted by atomic mass is 16.5. The van der Waals surface area contributed by atoms with Crippen LogP contribution in [0.25, 0.3) is 0 Å². The van der Waals surface area contributed by atoms with Crippen molar-refractivity contribution in [2.45, 2.75) is 26.7 Å². The fraction of sp³-hybridized carbons (Fsp3) is 0.391. The predicted molar refractivity (Wildman–Crippen MR) is 115 cm³/mol. The van der Waals surface area contributed by atoms with Gasteiger partial charge >= 0.3 is 0 Å². The Morgan fingerprint density at radius 2 is 1.90 bits per heavy atom. The lowest BCUT2D eigenvalue weighted by Crippen LogP contribution is -2.41. The average Bonchev–Trinajstić information content (AvgIpc) is 2.73. The summed E-state index contributed by atoms with van der Waals surface area (Å²) in [5.74, 6) is 2.30. The first-order valence-electron chi connectivity index (χ1n) is 10.1. The lowest BCUT2D eigenvalue weighted by atomic mass is 10.1. The van der Waals surface area contributed by atoms with Gasteiger partial charge in [0.2, 0.25) is 5.91 Å². The Balaban J connectivity index is 1.51. The normalized spacial score (nSPS) is 12.9. The third kappa shape index (κ3) is 5.65. The van der Waals surface area contributed by atoms with E-state index in [2.05, 4.69) is 19.2 Å². The van der Waals surface area contributed by atoms with Crippen molar-refractivity contribution in [2.75, 3.05) is 37.1 Å². The lowest BCUT2D eigenvalue weighted by Gasteiger charge is -2.31. The lowest BCUT2D eigenvalue weighted by molar-refractivity contribution is -0.121. The van der Waals surface area contributed by atoms with Crippen molar-refractivity contribution in [2.24, 2.45) is 5.92 Å². The first-order valence-corrected chi connectivity index (χ1v) is 10.1. The number of carbonyl (C=O) groups is 2. The van der Waals surface area contributed by atoms with Crippen LogP contribution in [0.2, 0.25) is 0 Å². The van der Waals surface area contributed by atoms with Crippen molar-refractivity contribution in [3.63, 3.8) is 0 Å². The maximum Gasteiger partial charge on any atom is 0.265 e. The molecule has 2 aromatic carbocycles. The number of hydrogen-bond donors (Lipinski definition) is 1. The van der Waals surface area contributed by atoms with E-state index in [1.54, 1.807) is 30.2 Å². The molecule has 0 saturated carbocycles. The SMILES string of the molecule is COc1ccc(OCCCC(=O)Nc2ccc3c(c2)N(CC(C)C)C(=O)CO3)cc1. The van der Waals surface area contributed by atoms with Crippen molar-refractivity contribution in [1.82, 2.24) is 0 Å². The van der Waals surface area contributed by atoms with Crippen LogP contribution in [0.15, 0.2) is 42.5 Å². The molecular formula is C23H28N2O5. The van der Waals surface area contributed by atoms with E-state index < -0.39 is 0 Å². The number of anilines is 2. The summed E-state index contributed by atoms with van der Waals surface area (Å²) in [6.45, 7) is 5.20. The molecule has 1 aliphatic heterocycles. The molecule has 3 rings (SSSR count). The van der Waals surface area contributed by atoms with Gasteiger partial charge in [-0.2, -0.15) is 0 Å². The molecule has 30 heavy (non-hydrogen) atoms. The Labute approximate surface area is 176 Å². The first kappa shape index (κ1) is 21.5. The smallest absolute Gasteiger partial charge is 0.265 e. The molecule has 0 atom stereocenters. The molecule has 2 aromatic rings. The molecule has 7 nitrogen and oxygen atoms in total. The number of carbonyl (C=O) groups excluding carboxylic acids is 2. The van der Waals surface area contributed by atoms with Crippen molar-refractivity contribution >= 4 is 23.2 Å². The summed E-state index contributed by atoms with van der Waals surface area (Å²) in [7, 11) is 1.61. The second kappa shape index (κ2) is 10.0. The number of fused-ring (bicyclic) bond motifs is 1. The predicted octanol–water partition coefficient (Wildman–Crippen LogP) is 3.87. The summed E-state index contributed by atoms with van der Waals surface area (Å²) >= 11 is 0. The summed E-state index contributed by atoms with van der Waals surface area (Å²) in [5, 5.41) is 2.89. The van der Waals surface area contributed by atoms with Crippen LogP contribution in [0.1, 0.15) is 26.7 Å². The number of ether oxygens (including phenoxy) is 3. The molecule has 0 aliphatic carbocycles. The van der Waals surface area contributed by atoms with Crippen LogP contribution >= 0.6 is 0 Å². The van der Waals surface area contributed by atoms with Gasteiger partial charge in [-0.15, -0.1) is 0 Å². The largest absolute Gasteiger partial charge is 0.497 e. The molecule has 2 amide bonds. The minimum atomic E-state index is -0.105. The van der Waals surface area contributed by atoms with E-state index in [0.717, 1.165) is 11.5 Å². The van der Waals surface area contributed by atoms with E-state index in [1.807, 2.05) is 24.3 Å². The standard InChI is InChI=1S/C23H28N2O5/c1-16(2)14-25-20-13-17(6-11-21(20)30-15-23(25)27)24-22(26)5-4-12-29-19-9-7-18(28-3)8-10-19/h6-11,13,16H,4-5,12,14-15H2,1-3H3,(H,24,26).